The summed E-state index contributed by atoms with van der Waals surface area (Å²) in [7, 11) is 0. The van der Waals surface area contributed by atoms with E-state index in [0.717, 1.165) is 19.3 Å². The average Bonchev–Trinajstić information content (AvgIpc) is 3.15. The van der Waals surface area contributed by atoms with E-state index >= 15 is 0 Å². The fourth-order valence-corrected chi connectivity index (χ4v) is 4.91. The Morgan fingerprint density at radius 3 is 2.32 bits per heavy atom. The standard InChI is InChI=1S/C26H23N5O5S/c27-31-29-11-3-1-2-10-28-25(37)30-15-4-7-19-18(12-15)24(34)36-26(19)20-8-5-16(32)13-22(20)35-23-14-17(33)6-9-21(23)26/h4-9,12-14,32-33H,1-3,10-11H2,(H2,28,30,37). The van der Waals surface area contributed by atoms with Crippen LogP contribution in [0.3, 0.4) is 0 Å². The van der Waals surface area contributed by atoms with Gasteiger partial charge in [-0.05, 0) is 67.0 Å². The van der Waals surface area contributed by atoms with Crippen LogP contribution in [-0.4, -0.2) is 34.4 Å². The van der Waals surface area contributed by atoms with E-state index in [1.165, 1.54) is 24.3 Å². The Morgan fingerprint density at radius 2 is 1.65 bits per heavy atom. The van der Waals surface area contributed by atoms with Crippen LogP contribution in [-0.2, 0) is 10.3 Å². The highest BCUT2D eigenvalue weighted by molar-refractivity contribution is 7.80. The number of fused-ring (bicyclic) bond motifs is 6. The van der Waals surface area contributed by atoms with Gasteiger partial charge >= 0.3 is 5.97 Å². The number of aromatic hydroxyl groups is 2. The second-order valence-corrected chi connectivity index (χ2v) is 9.10. The maximum atomic E-state index is 13.2. The van der Waals surface area contributed by atoms with Crippen LogP contribution in [0, 0.1) is 0 Å². The molecule has 0 saturated heterocycles. The van der Waals surface area contributed by atoms with E-state index < -0.39 is 11.6 Å². The monoisotopic (exact) mass is 517 g/mol. The molecule has 3 aromatic carbocycles. The van der Waals surface area contributed by atoms with Gasteiger partial charge in [0.25, 0.3) is 0 Å². The summed E-state index contributed by atoms with van der Waals surface area (Å²) in [6.45, 7) is 1.14. The van der Waals surface area contributed by atoms with E-state index in [0.29, 0.717) is 57.6 Å². The van der Waals surface area contributed by atoms with Crippen LogP contribution in [0.25, 0.3) is 10.4 Å². The number of hydrogen-bond donors (Lipinski definition) is 4. The lowest BCUT2D eigenvalue weighted by Gasteiger charge is -2.36. The second kappa shape index (κ2) is 9.88. The predicted octanol–water partition coefficient (Wildman–Crippen LogP) is 5.43. The van der Waals surface area contributed by atoms with Gasteiger partial charge < -0.3 is 30.3 Å². The number of nitrogens with one attached hydrogen (secondary N) is 2. The van der Waals surface area contributed by atoms with Gasteiger partial charge in [-0.25, -0.2) is 4.79 Å². The molecule has 1 spiro atoms. The Labute approximate surface area is 217 Å². The molecule has 37 heavy (non-hydrogen) atoms. The van der Waals surface area contributed by atoms with E-state index in [4.69, 9.17) is 27.2 Å². The Balaban J connectivity index is 1.41. The van der Waals surface area contributed by atoms with Crippen molar-refractivity contribution in [1.82, 2.24) is 5.32 Å². The van der Waals surface area contributed by atoms with Crippen molar-refractivity contribution >= 4 is 29.0 Å². The summed E-state index contributed by atoms with van der Waals surface area (Å²) in [6.07, 6.45) is 2.59. The lowest BCUT2D eigenvalue weighted by molar-refractivity contribution is 0.0224. The van der Waals surface area contributed by atoms with Gasteiger partial charge in [-0.15, -0.1) is 0 Å². The van der Waals surface area contributed by atoms with Crippen LogP contribution in [0.1, 0.15) is 46.3 Å². The maximum Gasteiger partial charge on any atom is 0.340 e. The van der Waals surface area contributed by atoms with Crippen LogP contribution >= 0.6 is 12.2 Å². The first-order valence-corrected chi connectivity index (χ1v) is 12.1. The number of unbranched alkanes of at least 4 members (excludes halogenated alkanes) is 2. The molecule has 0 bridgehead atoms. The molecule has 0 saturated carbocycles. The zero-order chi connectivity index (χ0) is 26.0. The van der Waals surface area contributed by atoms with Crippen molar-refractivity contribution in [3.8, 4) is 23.0 Å². The van der Waals surface area contributed by atoms with Gasteiger partial charge in [0.2, 0.25) is 0 Å². The minimum Gasteiger partial charge on any atom is -0.508 e. The summed E-state index contributed by atoms with van der Waals surface area (Å²) >= 11 is 5.39. The van der Waals surface area contributed by atoms with Crippen molar-refractivity contribution in [3.05, 3.63) is 87.3 Å². The van der Waals surface area contributed by atoms with Crippen molar-refractivity contribution in [2.45, 2.75) is 24.9 Å². The SMILES string of the molecule is [N-]=[N+]=NCCCCCNC(=S)Nc1ccc2c(c1)C(=O)OC21c2ccc(O)cc2Oc2cc(O)ccc21. The summed E-state index contributed by atoms with van der Waals surface area (Å²) in [6, 6.07) is 14.6. The van der Waals surface area contributed by atoms with Gasteiger partial charge in [0.1, 0.15) is 23.0 Å². The molecule has 11 heteroatoms. The highest BCUT2D eigenvalue weighted by Crippen LogP contribution is 2.57. The van der Waals surface area contributed by atoms with Crippen LogP contribution in [0.5, 0.6) is 23.0 Å². The van der Waals surface area contributed by atoms with Gasteiger partial charge in [0, 0.05) is 52.5 Å². The van der Waals surface area contributed by atoms with Gasteiger partial charge in [0.15, 0.2) is 10.7 Å². The van der Waals surface area contributed by atoms with Crippen LogP contribution in [0.4, 0.5) is 5.69 Å². The van der Waals surface area contributed by atoms with E-state index in [1.807, 2.05) is 6.07 Å². The third kappa shape index (κ3) is 4.46. The molecule has 5 rings (SSSR count). The molecule has 0 amide bonds. The number of benzene rings is 3. The normalized spacial score (nSPS) is 13.9. The summed E-state index contributed by atoms with van der Waals surface area (Å²) in [5.41, 5.74) is 9.73. The number of carbonyl (C=O) groups is 1. The molecule has 2 heterocycles. The van der Waals surface area contributed by atoms with Crippen molar-refractivity contribution in [2.24, 2.45) is 5.11 Å². The number of nitrogens with zero attached hydrogens (tertiary/aromatic N) is 3. The number of hydrogen-bond acceptors (Lipinski definition) is 7. The lowest BCUT2D eigenvalue weighted by atomic mass is 9.77. The van der Waals surface area contributed by atoms with Crippen LogP contribution in [0.15, 0.2) is 59.7 Å². The summed E-state index contributed by atoms with van der Waals surface area (Å²) < 4.78 is 12.0. The molecule has 0 aromatic heterocycles. The third-order valence-electron chi connectivity index (χ3n) is 6.32. The minimum absolute atomic E-state index is 0.00159. The summed E-state index contributed by atoms with van der Waals surface area (Å²) in [5.74, 6) is 0.130. The molecular weight excluding hydrogens is 494 g/mol. The molecule has 0 fully saturated rings. The number of phenolic OH excluding ortho intramolecular Hbond substituents is 2. The molecule has 3 aromatic rings. The minimum atomic E-state index is -1.30. The summed E-state index contributed by atoms with van der Waals surface area (Å²) in [4.78, 5) is 15.9. The molecule has 0 aliphatic carbocycles. The van der Waals surface area contributed by atoms with E-state index in [9.17, 15) is 15.0 Å². The number of esters is 1. The second-order valence-electron chi connectivity index (χ2n) is 8.69. The highest BCUT2D eigenvalue weighted by Gasteiger charge is 2.53. The van der Waals surface area contributed by atoms with Crippen LogP contribution < -0.4 is 15.4 Å². The Kier molecular flexibility index (Phi) is 6.47. The van der Waals surface area contributed by atoms with Crippen molar-refractivity contribution in [2.75, 3.05) is 18.4 Å². The Hall–Kier alpha value is -4.47. The molecule has 10 nitrogen and oxygen atoms in total. The number of ether oxygens (including phenoxy) is 2. The fraction of sp³-hybridized carbons (Fsp3) is 0.231. The van der Waals surface area contributed by atoms with Crippen molar-refractivity contribution in [3.63, 3.8) is 0 Å². The van der Waals surface area contributed by atoms with Gasteiger partial charge in [-0.2, -0.15) is 0 Å². The smallest absolute Gasteiger partial charge is 0.340 e. The molecule has 0 atom stereocenters. The number of anilines is 1. The first-order chi connectivity index (χ1) is 17.9. The molecule has 0 unspecified atom stereocenters. The Morgan fingerprint density at radius 1 is 0.973 bits per heavy atom. The first-order valence-electron chi connectivity index (χ1n) is 11.7. The van der Waals surface area contributed by atoms with E-state index in [-0.39, 0.29) is 11.5 Å². The molecule has 4 N–H and O–H groups in total. The van der Waals surface area contributed by atoms with Crippen LogP contribution in [0.2, 0.25) is 0 Å². The molecule has 2 aliphatic heterocycles. The summed E-state index contributed by atoms with van der Waals surface area (Å²) in [5, 5.41) is 30.2. The van der Waals surface area contributed by atoms with E-state index in [1.54, 1.807) is 24.3 Å². The van der Waals surface area contributed by atoms with Crippen molar-refractivity contribution in [1.29, 1.82) is 0 Å². The molecule has 188 valence electrons. The molecule has 0 radical (unpaired) electrons. The quantitative estimate of drug-likeness (QED) is 0.0809. The number of carbonyl (C=O) groups excluding carboxylic acids is 1. The van der Waals surface area contributed by atoms with Gasteiger partial charge in [-0.3, -0.25) is 0 Å². The molecule has 2 aliphatic rings. The Bertz CT molecular complexity index is 1400. The average molecular weight is 518 g/mol. The number of thiocarbonyl (C=S) groups is 1. The predicted molar refractivity (Wildman–Crippen MR) is 140 cm³/mol. The van der Waals surface area contributed by atoms with E-state index in [2.05, 4.69) is 20.7 Å². The highest BCUT2D eigenvalue weighted by atomic mass is 32.1. The van der Waals surface area contributed by atoms with Gasteiger partial charge in [-0.1, -0.05) is 17.6 Å². The molecular formula is C26H23N5O5S. The van der Waals surface area contributed by atoms with Crippen molar-refractivity contribution < 1.29 is 24.5 Å². The number of azide groups is 1. The topological polar surface area (TPSA) is 149 Å². The zero-order valence-electron chi connectivity index (χ0n) is 19.6. The van der Waals surface area contributed by atoms with Gasteiger partial charge in [0.05, 0.1) is 5.56 Å². The fourth-order valence-electron chi connectivity index (χ4n) is 4.69. The zero-order valence-corrected chi connectivity index (χ0v) is 20.4. The number of rotatable bonds is 7. The maximum absolute atomic E-state index is 13.2. The lowest BCUT2D eigenvalue weighted by Crippen LogP contribution is -2.33. The third-order valence-corrected chi connectivity index (χ3v) is 6.56. The first kappa shape index (κ1) is 24.2. The number of phenols is 2. The largest absolute Gasteiger partial charge is 0.508 e.